The first kappa shape index (κ1) is 16.5. The maximum absolute atomic E-state index is 12.1. The highest BCUT2D eigenvalue weighted by atomic mass is 32.2. The van der Waals surface area contributed by atoms with Gasteiger partial charge in [0.25, 0.3) is 5.76 Å². The number of aliphatic carboxylic acids is 1. The van der Waals surface area contributed by atoms with Crippen molar-refractivity contribution in [2.24, 2.45) is 0 Å². The molecule has 118 valence electrons. The van der Waals surface area contributed by atoms with E-state index < -0.39 is 17.8 Å². The summed E-state index contributed by atoms with van der Waals surface area (Å²) in [5, 5.41) is 12.2. The largest absolute Gasteiger partial charge is 0.480 e. The fourth-order valence-corrected chi connectivity index (χ4v) is 2.38. The third-order valence-electron chi connectivity index (χ3n) is 2.93. The van der Waals surface area contributed by atoms with E-state index in [9.17, 15) is 18.7 Å². The molecule has 0 amide bonds. The molecule has 7 heteroatoms. The summed E-state index contributed by atoms with van der Waals surface area (Å²) in [5.74, 6) is -2.41. The van der Waals surface area contributed by atoms with Crippen molar-refractivity contribution < 1.29 is 23.1 Å². The lowest BCUT2D eigenvalue weighted by Gasteiger charge is -2.13. The third-order valence-corrected chi connectivity index (χ3v) is 3.63. The summed E-state index contributed by atoms with van der Waals surface area (Å²) < 4.78 is 29.6. The van der Waals surface area contributed by atoms with Crippen LogP contribution in [0.1, 0.15) is 23.1 Å². The first-order valence-electron chi connectivity index (χ1n) is 6.54. The van der Waals surface area contributed by atoms with Crippen LogP contribution in [0.5, 0.6) is 0 Å². The predicted octanol–water partition coefficient (Wildman–Crippen LogP) is 3.65. The van der Waals surface area contributed by atoms with E-state index in [0.29, 0.717) is 28.8 Å². The molecule has 2 rings (SSSR count). The molecule has 0 radical (unpaired) electrons. The number of rotatable bonds is 8. The summed E-state index contributed by atoms with van der Waals surface area (Å²) >= 11 is 0.482. The number of carboxylic acids is 1. The number of alkyl halides is 2. The van der Waals surface area contributed by atoms with Gasteiger partial charge < -0.3 is 9.52 Å². The van der Waals surface area contributed by atoms with E-state index in [4.69, 9.17) is 4.42 Å². The Morgan fingerprint density at radius 2 is 1.86 bits per heavy atom. The number of nitrogens with one attached hydrogen (secondary N) is 1. The van der Waals surface area contributed by atoms with Crippen molar-refractivity contribution in [1.82, 2.24) is 5.32 Å². The van der Waals surface area contributed by atoms with Gasteiger partial charge >= 0.3 is 5.97 Å². The summed E-state index contributed by atoms with van der Waals surface area (Å²) in [6, 6.07) is 11.2. The van der Waals surface area contributed by atoms with E-state index in [-0.39, 0.29) is 12.3 Å². The van der Waals surface area contributed by atoms with E-state index in [1.807, 2.05) is 6.07 Å². The number of hydrogen-bond donors (Lipinski definition) is 2. The molecule has 4 nitrogen and oxygen atoms in total. The average molecular weight is 327 g/mol. The Morgan fingerprint density at radius 1 is 1.18 bits per heavy atom. The normalized spacial score (nSPS) is 12.5. The van der Waals surface area contributed by atoms with Crippen LogP contribution < -0.4 is 5.32 Å². The van der Waals surface area contributed by atoms with Crippen LogP contribution in [0.3, 0.4) is 0 Å². The van der Waals surface area contributed by atoms with Crippen LogP contribution in [-0.4, -0.2) is 16.8 Å². The van der Waals surface area contributed by atoms with Crippen molar-refractivity contribution >= 4 is 17.7 Å². The lowest BCUT2D eigenvalue weighted by atomic mass is 10.1. The second-order valence-corrected chi connectivity index (χ2v) is 5.48. The van der Waals surface area contributed by atoms with E-state index >= 15 is 0 Å². The quantitative estimate of drug-likeness (QED) is 0.775. The van der Waals surface area contributed by atoms with Gasteiger partial charge in [-0.15, -0.1) is 0 Å². The molecule has 0 unspecified atom stereocenters. The molecule has 0 saturated heterocycles. The fourth-order valence-electron chi connectivity index (χ4n) is 1.94. The Hall–Kier alpha value is -1.86. The highest BCUT2D eigenvalue weighted by molar-refractivity contribution is 7.98. The molecule has 1 aromatic carbocycles. The molecule has 22 heavy (non-hydrogen) atoms. The molecular weight excluding hydrogens is 312 g/mol. The molecule has 1 atom stereocenters. The molecule has 2 N–H and O–H groups in total. The summed E-state index contributed by atoms with van der Waals surface area (Å²) in [4.78, 5) is 11.3. The Bertz CT molecular complexity index is 604. The Balaban J connectivity index is 1.94. The topological polar surface area (TPSA) is 62.5 Å². The minimum absolute atomic E-state index is 0.0821. The van der Waals surface area contributed by atoms with Crippen molar-refractivity contribution in [2.75, 3.05) is 0 Å². The van der Waals surface area contributed by atoms with Crippen LogP contribution in [0.4, 0.5) is 8.78 Å². The molecule has 2 aromatic rings. The standard InChI is InChI=1S/C15H15F2NO3S/c16-15(17)22-9-12-7-6-11(21-12)8-18-13(14(19)20)10-4-2-1-3-5-10/h1-7,13,15,18H,8-9H2,(H,19,20)/t13-/m1/s1. The van der Waals surface area contributed by atoms with Crippen LogP contribution >= 0.6 is 11.8 Å². The van der Waals surface area contributed by atoms with E-state index in [1.165, 1.54) is 0 Å². The van der Waals surface area contributed by atoms with Crippen LogP contribution in [-0.2, 0) is 17.1 Å². The van der Waals surface area contributed by atoms with E-state index in [0.717, 1.165) is 0 Å². The van der Waals surface area contributed by atoms with Crippen LogP contribution in [0.25, 0.3) is 0 Å². The third kappa shape index (κ3) is 4.85. The van der Waals surface area contributed by atoms with Crippen molar-refractivity contribution in [3.05, 3.63) is 59.5 Å². The molecule has 1 aromatic heterocycles. The van der Waals surface area contributed by atoms with Gasteiger partial charge in [0.1, 0.15) is 17.6 Å². The summed E-state index contributed by atoms with van der Waals surface area (Å²) in [5.41, 5.74) is 0.634. The zero-order valence-electron chi connectivity index (χ0n) is 11.5. The van der Waals surface area contributed by atoms with Gasteiger partial charge in [0, 0.05) is 0 Å². The number of carbonyl (C=O) groups is 1. The van der Waals surface area contributed by atoms with Gasteiger partial charge in [-0.3, -0.25) is 10.1 Å². The molecule has 0 saturated carbocycles. The molecule has 0 bridgehead atoms. The SMILES string of the molecule is O=C(O)[C@H](NCc1ccc(CSC(F)F)o1)c1ccccc1. The second kappa shape index (κ2) is 7.95. The van der Waals surface area contributed by atoms with Gasteiger partial charge in [0.2, 0.25) is 0 Å². The monoisotopic (exact) mass is 327 g/mol. The molecule has 0 spiro atoms. The zero-order valence-corrected chi connectivity index (χ0v) is 12.4. The minimum atomic E-state index is -2.44. The number of benzene rings is 1. The molecule has 0 aliphatic heterocycles. The maximum atomic E-state index is 12.1. The van der Waals surface area contributed by atoms with Crippen LogP contribution in [0.15, 0.2) is 46.9 Å². The van der Waals surface area contributed by atoms with Crippen molar-refractivity contribution in [1.29, 1.82) is 0 Å². The zero-order chi connectivity index (χ0) is 15.9. The summed E-state index contributed by atoms with van der Waals surface area (Å²) in [7, 11) is 0. The number of halogens is 2. The number of hydrogen-bond acceptors (Lipinski definition) is 4. The molecule has 0 aliphatic carbocycles. The Kier molecular flexibility index (Phi) is 5.97. The van der Waals surface area contributed by atoms with Crippen molar-refractivity contribution in [2.45, 2.75) is 24.1 Å². The smallest absolute Gasteiger partial charge is 0.325 e. The molecule has 1 heterocycles. The molecule has 0 aliphatic rings. The average Bonchev–Trinajstić information content (AvgIpc) is 2.94. The lowest BCUT2D eigenvalue weighted by molar-refractivity contribution is -0.139. The van der Waals surface area contributed by atoms with Crippen molar-refractivity contribution in [3.63, 3.8) is 0 Å². The number of thioether (sulfide) groups is 1. The predicted molar refractivity (Wildman–Crippen MR) is 79.7 cm³/mol. The Morgan fingerprint density at radius 3 is 2.50 bits per heavy atom. The highest BCUT2D eigenvalue weighted by Crippen LogP contribution is 2.21. The van der Waals surface area contributed by atoms with E-state index in [2.05, 4.69) is 5.32 Å². The molecular formula is C15H15F2NO3S. The van der Waals surface area contributed by atoms with Gasteiger partial charge in [0.05, 0.1) is 12.3 Å². The highest BCUT2D eigenvalue weighted by Gasteiger charge is 2.19. The minimum Gasteiger partial charge on any atom is -0.480 e. The number of furan rings is 1. The second-order valence-electron chi connectivity index (χ2n) is 4.50. The van der Waals surface area contributed by atoms with Crippen molar-refractivity contribution in [3.8, 4) is 0 Å². The lowest BCUT2D eigenvalue weighted by Crippen LogP contribution is -2.27. The van der Waals surface area contributed by atoms with Gasteiger partial charge in [0.15, 0.2) is 0 Å². The van der Waals surface area contributed by atoms with Crippen LogP contribution in [0.2, 0.25) is 0 Å². The Labute approximate surface area is 130 Å². The number of carboxylic acid groups (broad SMARTS) is 1. The van der Waals surface area contributed by atoms with Gasteiger partial charge in [-0.05, 0) is 17.7 Å². The van der Waals surface area contributed by atoms with Gasteiger partial charge in [-0.1, -0.05) is 42.1 Å². The fraction of sp³-hybridized carbons (Fsp3) is 0.267. The first-order chi connectivity index (χ1) is 10.6. The van der Waals surface area contributed by atoms with Crippen LogP contribution in [0, 0.1) is 0 Å². The summed E-state index contributed by atoms with van der Waals surface area (Å²) in [6.45, 7) is 0.200. The van der Waals surface area contributed by atoms with E-state index in [1.54, 1.807) is 36.4 Å². The van der Waals surface area contributed by atoms with Gasteiger partial charge in [-0.2, -0.15) is 8.78 Å². The van der Waals surface area contributed by atoms with Gasteiger partial charge in [-0.25, -0.2) is 0 Å². The maximum Gasteiger partial charge on any atom is 0.325 e. The summed E-state index contributed by atoms with van der Waals surface area (Å²) in [6.07, 6.45) is 0. The first-order valence-corrected chi connectivity index (χ1v) is 7.59. The molecule has 0 fully saturated rings.